The third kappa shape index (κ3) is 4.79. The van der Waals surface area contributed by atoms with Crippen LogP contribution in [0, 0.1) is 10.1 Å². The molecular weight excluding hydrogens is 468 g/mol. The lowest BCUT2D eigenvalue weighted by Crippen LogP contribution is -2.35. The van der Waals surface area contributed by atoms with Crippen LogP contribution in [0.2, 0.25) is 5.02 Å². The molecule has 0 bridgehead atoms. The number of non-ortho nitro benzene ring substituents is 1. The van der Waals surface area contributed by atoms with Crippen LogP contribution in [0.3, 0.4) is 0 Å². The van der Waals surface area contributed by atoms with Crippen LogP contribution in [-0.4, -0.2) is 30.0 Å². The molecule has 3 aromatic carbocycles. The van der Waals surface area contributed by atoms with Gasteiger partial charge in [-0.25, -0.2) is 4.79 Å². The van der Waals surface area contributed by atoms with Gasteiger partial charge in [0.1, 0.15) is 5.75 Å². The number of methoxy groups -OCH3 is 1. The third-order valence-corrected chi connectivity index (χ3v) is 6.69. The van der Waals surface area contributed by atoms with Crippen LogP contribution in [0.1, 0.15) is 21.2 Å². The number of nitro groups is 1. The van der Waals surface area contributed by atoms with Crippen molar-refractivity contribution in [2.24, 2.45) is 0 Å². The summed E-state index contributed by atoms with van der Waals surface area (Å²) in [5, 5.41) is 13.1. The van der Waals surface area contributed by atoms with Crippen LogP contribution in [0.25, 0.3) is 0 Å². The fourth-order valence-corrected chi connectivity index (χ4v) is 4.85. The first-order valence-electron chi connectivity index (χ1n) is 9.73. The van der Waals surface area contributed by atoms with Crippen molar-refractivity contribution < 1.29 is 24.0 Å². The Morgan fingerprint density at radius 3 is 2.52 bits per heavy atom. The average molecular weight is 485 g/mol. The number of hydrogen-bond acceptors (Lipinski definition) is 7. The second-order valence-electron chi connectivity index (χ2n) is 7.04. The van der Waals surface area contributed by atoms with Gasteiger partial charge in [-0.1, -0.05) is 35.9 Å². The van der Waals surface area contributed by atoms with Gasteiger partial charge in [-0.3, -0.25) is 14.9 Å². The minimum absolute atomic E-state index is 0.0738. The first kappa shape index (κ1) is 22.6. The molecule has 0 aromatic heterocycles. The van der Waals surface area contributed by atoms with E-state index in [0.29, 0.717) is 11.4 Å². The first-order valence-corrected chi connectivity index (χ1v) is 11.0. The Hall–Kier alpha value is -3.56. The predicted octanol–water partition coefficient (Wildman–Crippen LogP) is 5.27. The number of carbonyl (C=O) groups excluding carboxylic acids is 2. The number of nitrogens with one attached hydrogen (secondary N) is 1. The van der Waals surface area contributed by atoms with Crippen molar-refractivity contribution >= 4 is 46.6 Å². The minimum Gasteiger partial charge on any atom is -0.497 e. The Kier molecular flexibility index (Phi) is 6.52. The zero-order valence-electron chi connectivity index (χ0n) is 17.2. The molecule has 1 N–H and O–H groups in total. The molecule has 4 rings (SSSR count). The fourth-order valence-electron chi connectivity index (χ4n) is 3.33. The van der Waals surface area contributed by atoms with Gasteiger partial charge >= 0.3 is 5.97 Å². The summed E-state index contributed by atoms with van der Waals surface area (Å²) in [7, 11) is 1.55. The topological polar surface area (TPSA) is 108 Å². The number of rotatable bonds is 5. The van der Waals surface area contributed by atoms with Gasteiger partial charge in [0, 0.05) is 17.0 Å². The summed E-state index contributed by atoms with van der Waals surface area (Å²) in [5.74, 6) is -0.715. The van der Waals surface area contributed by atoms with Crippen molar-refractivity contribution in [2.75, 3.05) is 12.4 Å². The molecule has 168 valence electrons. The zero-order valence-corrected chi connectivity index (χ0v) is 18.8. The highest BCUT2D eigenvalue weighted by atomic mass is 35.5. The number of anilines is 1. The molecular formula is C23H17ClN2O6S. The highest BCUT2D eigenvalue weighted by Gasteiger charge is 2.38. The van der Waals surface area contributed by atoms with E-state index in [2.05, 4.69) is 5.32 Å². The van der Waals surface area contributed by atoms with Crippen molar-refractivity contribution in [3.63, 3.8) is 0 Å². The lowest BCUT2D eigenvalue weighted by molar-refractivity contribution is -0.384. The molecule has 0 aliphatic carbocycles. The van der Waals surface area contributed by atoms with Gasteiger partial charge in [-0.05, 0) is 35.9 Å². The van der Waals surface area contributed by atoms with E-state index in [1.165, 1.54) is 17.8 Å². The van der Waals surface area contributed by atoms with Crippen molar-refractivity contribution in [2.45, 2.75) is 16.2 Å². The number of ether oxygens (including phenoxy) is 2. The SMILES string of the molecule is COc1ccc([C@H]2Sc3ccccc3NC(=O)[C@H]2OC(=O)c2ccc([N+](=O)[O-])cc2Cl)cc1. The second kappa shape index (κ2) is 9.51. The van der Waals surface area contributed by atoms with E-state index in [1.54, 1.807) is 43.5 Å². The highest BCUT2D eigenvalue weighted by Crippen LogP contribution is 2.45. The maximum atomic E-state index is 13.1. The number of nitrogens with zero attached hydrogens (tertiary/aromatic N) is 1. The molecule has 0 saturated carbocycles. The molecule has 0 unspecified atom stereocenters. The smallest absolute Gasteiger partial charge is 0.340 e. The average Bonchev–Trinajstić information content (AvgIpc) is 2.95. The summed E-state index contributed by atoms with van der Waals surface area (Å²) >= 11 is 7.47. The monoisotopic (exact) mass is 484 g/mol. The van der Waals surface area contributed by atoms with Crippen molar-refractivity contribution in [1.29, 1.82) is 0 Å². The van der Waals surface area contributed by atoms with E-state index in [0.717, 1.165) is 22.6 Å². The number of amides is 1. The Morgan fingerprint density at radius 1 is 1.12 bits per heavy atom. The number of esters is 1. The van der Waals surface area contributed by atoms with Crippen LogP contribution in [0.15, 0.2) is 71.6 Å². The number of fused-ring (bicyclic) bond motifs is 1. The summed E-state index contributed by atoms with van der Waals surface area (Å²) in [6.45, 7) is 0. The lowest BCUT2D eigenvalue weighted by atomic mass is 10.1. The highest BCUT2D eigenvalue weighted by molar-refractivity contribution is 7.99. The van der Waals surface area contributed by atoms with E-state index in [4.69, 9.17) is 21.1 Å². The normalized spacial score (nSPS) is 17.3. The third-order valence-electron chi connectivity index (χ3n) is 4.99. The minimum atomic E-state index is -1.20. The molecule has 0 fully saturated rings. The van der Waals surface area contributed by atoms with Crippen LogP contribution in [-0.2, 0) is 9.53 Å². The number of para-hydroxylation sites is 1. The second-order valence-corrected chi connectivity index (χ2v) is 8.63. The molecule has 3 aromatic rings. The molecule has 33 heavy (non-hydrogen) atoms. The van der Waals surface area contributed by atoms with Gasteiger partial charge in [0.05, 0.1) is 33.6 Å². The van der Waals surface area contributed by atoms with Gasteiger partial charge in [0.15, 0.2) is 6.10 Å². The van der Waals surface area contributed by atoms with Crippen LogP contribution in [0.5, 0.6) is 5.75 Å². The van der Waals surface area contributed by atoms with Gasteiger partial charge in [0.2, 0.25) is 0 Å². The van der Waals surface area contributed by atoms with Crippen LogP contribution >= 0.6 is 23.4 Å². The molecule has 8 nitrogen and oxygen atoms in total. The summed E-state index contributed by atoms with van der Waals surface area (Å²) in [5.41, 5.74) is 1.03. The van der Waals surface area contributed by atoms with Crippen LogP contribution in [0.4, 0.5) is 11.4 Å². The molecule has 1 amide bonds. The van der Waals surface area contributed by atoms with Crippen molar-refractivity contribution in [3.8, 4) is 5.75 Å². The molecule has 0 saturated heterocycles. The summed E-state index contributed by atoms with van der Waals surface area (Å²) < 4.78 is 10.9. The Balaban J connectivity index is 1.69. The van der Waals surface area contributed by atoms with Crippen LogP contribution < -0.4 is 10.1 Å². The van der Waals surface area contributed by atoms with Gasteiger partial charge in [-0.2, -0.15) is 0 Å². The maximum absolute atomic E-state index is 13.1. The molecule has 10 heteroatoms. The Bertz CT molecular complexity index is 1230. The quantitative estimate of drug-likeness (QED) is 0.298. The van der Waals surface area contributed by atoms with E-state index in [9.17, 15) is 19.7 Å². The van der Waals surface area contributed by atoms with Crippen molar-refractivity contribution in [3.05, 3.63) is 93.0 Å². The number of nitro benzene ring substituents is 1. The number of carbonyl (C=O) groups is 2. The maximum Gasteiger partial charge on any atom is 0.340 e. The van der Waals surface area contributed by atoms with Crippen molar-refractivity contribution in [1.82, 2.24) is 0 Å². The predicted molar refractivity (Wildman–Crippen MR) is 124 cm³/mol. The number of halogens is 1. The first-order chi connectivity index (χ1) is 15.9. The lowest BCUT2D eigenvalue weighted by Gasteiger charge is -2.24. The van der Waals surface area contributed by atoms with Gasteiger partial charge < -0.3 is 14.8 Å². The largest absolute Gasteiger partial charge is 0.497 e. The van der Waals surface area contributed by atoms with Gasteiger partial charge in [-0.15, -0.1) is 11.8 Å². The van der Waals surface area contributed by atoms with E-state index in [1.807, 2.05) is 12.1 Å². The zero-order chi connectivity index (χ0) is 23.5. The summed E-state index contributed by atoms with van der Waals surface area (Å²) in [6, 6.07) is 17.8. The Morgan fingerprint density at radius 2 is 1.85 bits per heavy atom. The van der Waals surface area contributed by atoms with E-state index >= 15 is 0 Å². The standard InChI is InChI=1S/C23H17ClN2O6S/c1-31-15-9-6-13(7-10-15)21-20(22(27)25-18-4-2-3-5-19(18)33-21)32-23(28)16-11-8-14(26(29)30)12-17(16)24/h2-12,20-21H,1H3,(H,25,27)/t20-,21+/m0/s1. The fraction of sp³-hybridized carbons (Fsp3) is 0.130. The van der Waals surface area contributed by atoms with E-state index in [-0.39, 0.29) is 16.3 Å². The molecule has 1 aliphatic heterocycles. The molecule has 0 spiro atoms. The number of benzene rings is 3. The summed E-state index contributed by atoms with van der Waals surface area (Å²) in [6.07, 6.45) is -1.20. The van der Waals surface area contributed by atoms with Gasteiger partial charge in [0.25, 0.3) is 11.6 Å². The summed E-state index contributed by atoms with van der Waals surface area (Å²) in [4.78, 5) is 37.2. The molecule has 2 atom stereocenters. The molecule has 1 heterocycles. The molecule has 1 aliphatic rings. The number of thioether (sulfide) groups is 1. The number of hydrogen-bond donors (Lipinski definition) is 1. The van der Waals surface area contributed by atoms with E-state index < -0.39 is 28.2 Å². The Labute approximate surface area is 198 Å². The molecule has 0 radical (unpaired) electrons.